The third kappa shape index (κ3) is 2.58. The number of fused-ring (bicyclic) bond motifs is 1. The molecule has 0 aliphatic heterocycles. The molecule has 4 nitrogen and oxygen atoms in total. The Morgan fingerprint density at radius 1 is 1.29 bits per heavy atom. The van der Waals surface area contributed by atoms with E-state index >= 15 is 0 Å². The molecular weight excluding hydrogens is 216 g/mol. The predicted molar refractivity (Wildman–Crippen MR) is 64.7 cm³/mol. The molecule has 0 unspecified atom stereocenters. The van der Waals surface area contributed by atoms with E-state index in [4.69, 9.17) is 4.74 Å². The van der Waals surface area contributed by atoms with Crippen molar-refractivity contribution in [3.8, 4) is 0 Å². The first-order chi connectivity index (χ1) is 8.33. The van der Waals surface area contributed by atoms with Crippen LogP contribution < -0.4 is 0 Å². The highest BCUT2D eigenvalue weighted by molar-refractivity contribution is 6.01. The van der Waals surface area contributed by atoms with E-state index < -0.39 is 0 Å². The fourth-order valence-electron chi connectivity index (χ4n) is 1.54. The van der Waals surface area contributed by atoms with Crippen LogP contribution in [-0.4, -0.2) is 22.5 Å². The van der Waals surface area contributed by atoms with Gasteiger partial charge in [-0.2, -0.15) is 0 Å². The Balaban J connectivity index is 2.26. The minimum atomic E-state index is -0.329. The zero-order valence-electron chi connectivity index (χ0n) is 9.72. The molecule has 0 amide bonds. The van der Waals surface area contributed by atoms with Crippen LogP contribution in [0, 0.1) is 0 Å². The van der Waals surface area contributed by atoms with Crippen LogP contribution in [0.4, 0.5) is 0 Å². The first-order valence-electron chi connectivity index (χ1n) is 5.69. The molecule has 0 radical (unpaired) electrons. The largest absolute Gasteiger partial charge is 0.462 e. The number of unbranched alkanes of at least 4 members (excludes halogenated alkanes) is 1. The molecule has 0 saturated carbocycles. The highest BCUT2D eigenvalue weighted by Crippen LogP contribution is 2.14. The van der Waals surface area contributed by atoms with Gasteiger partial charge < -0.3 is 4.74 Å². The number of hydrogen-bond acceptors (Lipinski definition) is 4. The number of para-hydroxylation sites is 1. The average Bonchev–Trinajstić information content (AvgIpc) is 2.38. The smallest absolute Gasteiger partial charge is 0.340 e. The fourth-order valence-corrected chi connectivity index (χ4v) is 1.54. The monoisotopic (exact) mass is 230 g/mol. The molecule has 88 valence electrons. The standard InChI is InChI=1S/C13H14N2O2/c1-2-3-9-17-13(16)10-5-4-6-11-12(10)15-8-7-14-11/h4-8H,2-3,9H2,1H3. The van der Waals surface area contributed by atoms with Crippen LogP contribution in [-0.2, 0) is 4.74 Å². The van der Waals surface area contributed by atoms with Crippen LogP contribution in [0.3, 0.4) is 0 Å². The number of carbonyl (C=O) groups is 1. The lowest BCUT2D eigenvalue weighted by atomic mass is 10.2. The molecule has 1 aromatic heterocycles. The van der Waals surface area contributed by atoms with E-state index in [1.807, 2.05) is 6.07 Å². The van der Waals surface area contributed by atoms with Crippen molar-refractivity contribution in [3.63, 3.8) is 0 Å². The molecule has 17 heavy (non-hydrogen) atoms. The van der Waals surface area contributed by atoms with Crippen LogP contribution >= 0.6 is 0 Å². The highest BCUT2D eigenvalue weighted by Gasteiger charge is 2.12. The minimum Gasteiger partial charge on any atom is -0.462 e. The second-order valence-electron chi connectivity index (χ2n) is 3.72. The van der Waals surface area contributed by atoms with E-state index in [0.29, 0.717) is 23.2 Å². The number of ether oxygens (including phenoxy) is 1. The quantitative estimate of drug-likeness (QED) is 0.598. The molecule has 0 fully saturated rings. The summed E-state index contributed by atoms with van der Waals surface area (Å²) < 4.78 is 5.17. The second kappa shape index (κ2) is 5.39. The lowest BCUT2D eigenvalue weighted by Crippen LogP contribution is -2.07. The Kier molecular flexibility index (Phi) is 3.65. The molecule has 0 aliphatic rings. The fraction of sp³-hybridized carbons (Fsp3) is 0.308. The molecule has 0 spiro atoms. The molecule has 2 rings (SSSR count). The van der Waals surface area contributed by atoms with Gasteiger partial charge in [0.1, 0.15) is 5.52 Å². The Bertz CT molecular complexity index is 520. The molecular formula is C13H14N2O2. The van der Waals surface area contributed by atoms with Crippen molar-refractivity contribution < 1.29 is 9.53 Å². The van der Waals surface area contributed by atoms with Crippen LogP contribution in [0.1, 0.15) is 30.1 Å². The van der Waals surface area contributed by atoms with Crippen molar-refractivity contribution in [2.45, 2.75) is 19.8 Å². The van der Waals surface area contributed by atoms with E-state index in [1.165, 1.54) is 0 Å². The summed E-state index contributed by atoms with van der Waals surface area (Å²) in [7, 11) is 0. The van der Waals surface area contributed by atoms with Crippen LogP contribution in [0.5, 0.6) is 0 Å². The lowest BCUT2D eigenvalue weighted by Gasteiger charge is -2.05. The zero-order valence-corrected chi connectivity index (χ0v) is 9.72. The molecule has 0 atom stereocenters. The number of aromatic nitrogens is 2. The maximum atomic E-state index is 11.8. The van der Waals surface area contributed by atoms with Gasteiger partial charge in [0.05, 0.1) is 17.7 Å². The second-order valence-corrected chi connectivity index (χ2v) is 3.72. The lowest BCUT2D eigenvalue weighted by molar-refractivity contribution is 0.0502. The van der Waals surface area contributed by atoms with Crippen molar-refractivity contribution in [1.29, 1.82) is 0 Å². The van der Waals surface area contributed by atoms with E-state index in [1.54, 1.807) is 24.5 Å². The van der Waals surface area contributed by atoms with Gasteiger partial charge in [-0.3, -0.25) is 9.97 Å². The maximum absolute atomic E-state index is 11.8. The number of benzene rings is 1. The van der Waals surface area contributed by atoms with Gasteiger partial charge in [-0.1, -0.05) is 19.4 Å². The summed E-state index contributed by atoms with van der Waals surface area (Å²) in [5.74, 6) is -0.329. The van der Waals surface area contributed by atoms with Crippen molar-refractivity contribution in [2.75, 3.05) is 6.61 Å². The van der Waals surface area contributed by atoms with Crippen molar-refractivity contribution in [3.05, 3.63) is 36.2 Å². The molecule has 1 aromatic carbocycles. The van der Waals surface area contributed by atoms with Gasteiger partial charge in [0.15, 0.2) is 0 Å². The van der Waals surface area contributed by atoms with Gasteiger partial charge in [-0.15, -0.1) is 0 Å². The molecule has 0 bridgehead atoms. The molecule has 2 aromatic rings. The van der Waals surface area contributed by atoms with Crippen molar-refractivity contribution in [1.82, 2.24) is 9.97 Å². The summed E-state index contributed by atoms with van der Waals surface area (Å²) in [6.07, 6.45) is 5.06. The number of carbonyl (C=O) groups excluding carboxylic acids is 1. The number of hydrogen-bond donors (Lipinski definition) is 0. The highest BCUT2D eigenvalue weighted by atomic mass is 16.5. The van der Waals surface area contributed by atoms with Crippen molar-refractivity contribution >= 4 is 17.0 Å². The van der Waals surface area contributed by atoms with Crippen LogP contribution in [0.15, 0.2) is 30.6 Å². The maximum Gasteiger partial charge on any atom is 0.340 e. The zero-order chi connectivity index (χ0) is 12.1. The van der Waals surface area contributed by atoms with E-state index in [9.17, 15) is 4.79 Å². The first kappa shape index (κ1) is 11.5. The first-order valence-corrected chi connectivity index (χ1v) is 5.69. The van der Waals surface area contributed by atoms with Gasteiger partial charge in [-0.05, 0) is 18.6 Å². The Morgan fingerprint density at radius 3 is 2.94 bits per heavy atom. The third-order valence-corrected chi connectivity index (χ3v) is 2.45. The van der Waals surface area contributed by atoms with Gasteiger partial charge in [0.2, 0.25) is 0 Å². The SMILES string of the molecule is CCCCOC(=O)c1cccc2nccnc12. The van der Waals surface area contributed by atoms with E-state index in [-0.39, 0.29) is 5.97 Å². The molecule has 0 N–H and O–H groups in total. The molecule has 0 aliphatic carbocycles. The summed E-state index contributed by atoms with van der Waals surface area (Å²) in [4.78, 5) is 20.2. The number of esters is 1. The summed E-state index contributed by atoms with van der Waals surface area (Å²) in [6.45, 7) is 2.50. The van der Waals surface area contributed by atoms with E-state index in [2.05, 4.69) is 16.9 Å². The Labute approximate surface area is 99.7 Å². The van der Waals surface area contributed by atoms with E-state index in [0.717, 1.165) is 12.8 Å². The molecule has 4 heteroatoms. The minimum absolute atomic E-state index is 0.329. The molecule has 0 saturated heterocycles. The Hall–Kier alpha value is -1.97. The van der Waals surface area contributed by atoms with Crippen molar-refractivity contribution in [2.24, 2.45) is 0 Å². The summed E-state index contributed by atoms with van der Waals surface area (Å²) in [6, 6.07) is 5.32. The normalized spacial score (nSPS) is 10.4. The van der Waals surface area contributed by atoms with Crippen LogP contribution in [0.25, 0.3) is 11.0 Å². The van der Waals surface area contributed by atoms with Gasteiger partial charge in [0.25, 0.3) is 0 Å². The molecule has 1 heterocycles. The van der Waals surface area contributed by atoms with Gasteiger partial charge in [-0.25, -0.2) is 4.79 Å². The average molecular weight is 230 g/mol. The summed E-state index contributed by atoms with van der Waals surface area (Å²) in [5, 5.41) is 0. The third-order valence-electron chi connectivity index (χ3n) is 2.45. The summed E-state index contributed by atoms with van der Waals surface area (Å²) >= 11 is 0. The number of rotatable bonds is 4. The Morgan fingerprint density at radius 2 is 2.12 bits per heavy atom. The topological polar surface area (TPSA) is 52.1 Å². The summed E-state index contributed by atoms with van der Waals surface area (Å²) in [5.41, 5.74) is 1.78. The number of nitrogens with zero attached hydrogens (tertiary/aromatic N) is 2. The van der Waals surface area contributed by atoms with Crippen LogP contribution in [0.2, 0.25) is 0 Å². The predicted octanol–water partition coefficient (Wildman–Crippen LogP) is 2.59. The van der Waals surface area contributed by atoms with Gasteiger partial charge >= 0.3 is 5.97 Å². The van der Waals surface area contributed by atoms with Gasteiger partial charge in [0, 0.05) is 12.4 Å².